The van der Waals surface area contributed by atoms with Crippen LogP contribution in [0.4, 0.5) is 10.8 Å². The molecule has 2 rings (SSSR count). The summed E-state index contributed by atoms with van der Waals surface area (Å²) in [5, 5.41) is 3.53. The Kier molecular flexibility index (Phi) is 5.03. The zero-order valence-corrected chi connectivity index (χ0v) is 13.1. The normalized spacial score (nSPS) is 10.5. The average Bonchev–Trinajstić information content (AvgIpc) is 2.84. The number of aryl methyl sites for hydroxylation is 2. The predicted molar refractivity (Wildman–Crippen MR) is 86.4 cm³/mol. The molecule has 1 amide bonds. The minimum Gasteiger partial charge on any atom is -0.375 e. The number of aromatic nitrogens is 1. The number of carbonyl (C=O) groups is 1. The summed E-state index contributed by atoms with van der Waals surface area (Å²) >= 11 is 2.85. The fraction of sp³-hybridized carbons (Fsp3) is 0.286. The Bertz CT molecular complexity index is 610. The molecule has 0 aliphatic carbocycles. The van der Waals surface area contributed by atoms with Crippen LogP contribution >= 0.6 is 23.1 Å². The Balaban J connectivity index is 1.98. The van der Waals surface area contributed by atoms with E-state index in [1.807, 2.05) is 25.1 Å². The van der Waals surface area contributed by atoms with Crippen molar-refractivity contribution in [1.82, 2.24) is 4.98 Å². The van der Waals surface area contributed by atoms with Gasteiger partial charge in [0.15, 0.2) is 5.13 Å². The molecule has 0 aliphatic heterocycles. The number of thiazole rings is 1. The van der Waals surface area contributed by atoms with Crippen LogP contribution in [0.25, 0.3) is 0 Å². The molecule has 0 fully saturated rings. The number of hydrogen-bond acceptors (Lipinski definition) is 5. The standard InChI is InChI=1S/C14H17N3OS2/c1-3-10-6-4-5-9(2)13(10)17-11(18)8-19-12-7-16-14(15)20-12/h4-7H,3,8H2,1-2H3,(H2,15,16)(H,17,18). The molecule has 0 bridgehead atoms. The van der Waals surface area contributed by atoms with Crippen LogP contribution in [-0.2, 0) is 11.2 Å². The number of para-hydroxylation sites is 1. The molecule has 1 heterocycles. The maximum atomic E-state index is 12.0. The van der Waals surface area contributed by atoms with E-state index in [1.165, 1.54) is 23.1 Å². The maximum Gasteiger partial charge on any atom is 0.234 e. The first-order chi connectivity index (χ1) is 9.60. The fourth-order valence-electron chi connectivity index (χ4n) is 1.85. The van der Waals surface area contributed by atoms with E-state index in [0.29, 0.717) is 10.9 Å². The van der Waals surface area contributed by atoms with Gasteiger partial charge < -0.3 is 11.1 Å². The number of rotatable bonds is 5. The van der Waals surface area contributed by atoms with E-state index in [1.54, 1.807) is 6.20 Å². The molecule has 20 heavy (non-hydrogen) atoms. The lowest BCUT2D eigenvalue weighted by atomic mass is 10.1. The lowest BCUT2D eigenvalue weighted by molar-refractivity contribution is -0.113. The van der Waals surface area contributed by atoms with Gasteiger partial charge in [0.2, 0.25) is 5.91 Å². The van der Waals surface area contributed by atoms with Crippen molar-refractivity contribution in [3.63, 3.8) is 0 Å². The molecule has 106 valence electrons. The molecule has 1 aromatic carbocycles. The number of amides is 1. The number of carbonyl (C=O) groups excluding carboxylic acids is 1. The molecule has 2 aromatic rings. The molecule has 3 N–H and O–H groups in total. The van der Waals surface area contributed by atoms with Gasteiger partial charge in [-0.1, -0.05) is 36.5 Å². The Labute approximate surface area is 126 Å². The Hall–Kier alpha value is -1.53. The SMILES string of the molecule is CCc1cccc(C)c1NC(=O)CSc1cnc(N)s1. The molecule has 1 aromatic heterocycles. The molecule has 6 heteroatoms. The van der Waals surface area contributed by atoms with E-state index in [-0.39, 0.29) is 5.91 Å². The van der Waals surface area contributed by atoms with Crippen molar-refractivity contribution >= 4 is 39.8 Å². The van der Waals surface area contributed by atoms with Crippen LogP contribution in [0.5, 0.6) is 0 Å². The van der Waals surface area contributed by atoms with Gasteiger partial charge in [0, 0.05) is 5.69 Å². The number of nitrogens with two attached hydrogens (primary N) is 1. The second-order valence-corrected chi connectivity index (χ2v) is 6.65. The number of benzene rings is 1. The molecule has 0 radical (unpaired) electrons. The molecule has 0 saturated carbocycles. The van der Waals surface area contributed by atoms with E-state index in [2.05, 4.69) is 17.2 Å². The zero-order chi connectivity index (χ0) is 14.5. The van der Waals surface area contributed by atoms with Crippen LogP contribution in [0.2, 0.25) is 0 Å². The minimum absolute atomic E-state index is 0.00836. The van der Waals surface area contributed by atoms with E-state index in [0.717, 1.165) is 27.4 Å². The Morgan fingerprint density at radius 1 is 1.50 bits per heavy atom. The molecule has 4 nitrogen and oxygen atoms in total. The van der Waals surface area contributed by atoms with E-state index in [4.69, 9.17) is 5.73 Å². The van der Waals surface area contributed by atoms with Crippen LogP contribution in [0.15, 0.2) is 28.6 Å². The predicted octanol–water partition coefficient (Wildman–Crippen LogP) is 3.33. The smallest absolute Gasteiger partial charge is 0.234 e. The summed E-state index contributed by atoms with van der Waals surface area (Å²) in [4.78, 5) is 16.0. The van der Waals surface area contributed by atoms with Crippen LogP contribution in [-0.4, -0.2) is 16.6 Å². The van der Waals surface area contributed by atoms with Gasteiger partial charge in [0.1, 0.15) is 0 Å². The summed E-state index contributed by atoms with van der Waals surface area (Å²) in [5.41, 5.74) is 8.74. The largest absolute Gasteiger partial charge is 0.375 e. The molecule has 0 saturated heterocycles. The second-order valence-electron chi connectivity index (χ2n) is 4.32. The third-order valence-corrected chi connectivity index (χ3v) is 4.87. The van der Waals surface area contributed by atoms with Crippen LogP contribution < -0.4 is 11.1 Å². The van der Waals surface area contributed by atoms with Gasteiger partial charge in [-0.05, 0) is 24.5 Å². The first-order valence-corrected chi connectivity index (χ1v) is 8.12. The van der Waals surface area contributed by atoms with E-state index in [9.17, 15) is 4.79 Å². The summed E-state index contributed by atoms with van der Waals surface area (Å²) in [5.74, 6) is 0.352. The van der Waals surface area contributed by atoms with Crippen molar-refractivity contribution in [2.24, 2.45) is 0 Å². The molecule has 0 aliphatic rings. The third-order valence-electron chi connectivity index (χ3n) is 2.85. The molecular weight excluding hydrogens is 290 g/mol. The highest BCUT2D eigenvalue weighted by Gasteiger charge is 2.10. The topological polar surface area (TPSA) is 68.0 Å². The van der Waals surface area contributed by atoms with Crippen LogP contribution in [0.3, 0.4) is 0 Å². The monoisotopic (exact) mass is 307 g/mol. The number of thioether (sulfide) groups is 1. The Morgan fingerprint density at radius 3 is 2.95 bits per heavy atom. The third kappa shape index (κ3) is 3.74. The van der Waals surface area contributed by atoms with Gasteiger partial charge in [0.25, 0.3) is 0 Å². The summed E-state index contributed by atoms with van der Waals surface area (Å²) in [7, 11) is 0. The summed E-state index contributed by atoms with van der Waals surface area (Å²) in [6.45, 7) is 4.09. The van der Waals surface area contributed by atoms with Gasteiger partial charge in [-0.2, -0.15) is 0 Å². The first kappa shape index (κ1) is 14.9. The average molecular weight is 307 g/mol. The minimum atomic E-state index is -0.00836. The van der Waals surface area contributed by atoms with Crippen molar-refractivity contribution in [1.29, 1.82) is 0 Å². The lowest BCUT2D eigenvalue weighted by Crippen LogP contribution is -2.16. The summed E-state index contributed by atoms with van der Waals surface area (Å²) < 4.78 is 0.957. The number of nitrogens with one attached hydrogen (secondary N) is 1. The summed E-state index contributed by atoms with van der Waals surface area (Å²) in [6, 6.07) is 6.06. The molecular formula is C14H17N3OS2. The highest BCUT2D eigenvalue weighted by molar-refractivity contribution is 8.01. The quantitative estimate of drug-likeness (QED) is 0.831. The maximum absolute atomic E-state index is 12.0. The zero-order valence-electron chi connectivity index (χ0n) is 11.5. The first-order valence-electron chi connectivity index (χ1n) is 6.32. The molecule has 0 atom stereocenters. The van der Waals surface area contributed by atoms with Gasteiger partial charge in [0.05, 0.1) is 16.2 Å². The second kappa shape index (κ2) is 6.76. The van der Waals surface area contributed by atoms with Crippen molar-refractivity contribution in [3.05, 3.63) is 35.5 Å². The summed E-state index contributed by atoms with van der Waals surface area (Å²) in [6.07, 6.45) is 2.60. The number of nitrogens with zero attached hydrogens (tertiary/aromatic N) is 1. The number of anilines is 2. The highest BCUT2D eigenvalue weighted by atomic mass is 32.2. The Morgan fingerprint density at radius 2 is 2.30 bits per heavy atom. The van der Waals surface area contributed by atoms with E-state index < -0.39 is 0 Å². The number of nitrogen functional groups attached to an aromatic ring is 1. The van der Waals surface area contributed by atoms with Gasteiger partial charge in [-0.3, -0.25) is 4.79 Å². The van der Waals surface area contributed by atoms with Crippen molar-refractivity contribution in [3.8, 4) is 0 Å². The van der Waals surface area contributed by atoms with Crippen molar-refractivity contribution < 1.29 is 4.79 Å². The van der Waals surface area contributed by atoms with E-state index >= 15 is 0 Å². The number of hydrogen-bond donors (Lipinski definition) is 2. The van der Waals surface area contributed by atoms with Crippen molar-refractivity contribution in [2.45, 2.75) is 24.5 Å². The van der Waals surface area contributed by atoms with Crippen molar-refractivity contribution in [2.75, 3.05) is 16.8 Å². The van der Waals surface area contributed by atoms with Gasteiger partial charge in [-0.15, -0.1) is 11.8 Å². The fourth-order valence-corrected chi connectivity index (χ4v) is 3.41. The highest BCUT2D eigenvalue weighted by Crippen LogP contribution is 2.27. The lowest BCUT2D eigenvalue weighted by Gasteiger charge is -2.12. The van der Waals surface area contributed by atoms with Crippen LogP contribution in [0.1, 0.15) is 18.1 Å². The van der Waals surface area contributed by atoms with Gasteiger partial charge >= 0.3 is 0 Å². The van der Waals surface area contributed by atoms with Crippen LogP contribution in [0, 0.1) is 6.92 Å². The molecule has 0 spiro atoms. The van der Waals surface area contributed by atoms with Gasteiger partial charge in [-0.25, -0.2) is 4.98 Å². The molecule has 0 unspecified atom stereocenters.